The van der Waals surface area contributed by atoms with E-state index in [1.807, 2.05) is 12.3 Å². The highest BCUT2D eigenvalue weighted by Crippen LogP contribution is 2.31. The summed E-state index contributed by atoms with van der Waals surface area (Å²) in [6.45, 7) is 2.37. The quantitative estimate of drug-likeness (QED) is 0.693. The van der Waals surface area contributed by atoms with E-state index < -0.39 is 0 Å². The number of rotatable bonds is 4. The minimum Gasteiger partial charge on any atom is -0.310 e. The van der Waals surface area contributed by atoms with Crippen LogP contribution in [0.2, 0.25) is 0 Å². The van der Waals surface area contributed by atoms with Crippen molar-refractivity contribution in [1.82, 2.24) is 19.9 Å². The summed E-state index contributed by atoms with van der Waals surface area (Å²) in [5.74, 6) is 1.36. The molecule has 6 heteroatoms. The molecule has 4 heterocycles. The third-order valence-corrected chi connectivity index (χ3v) is 6.92. The zero-order chi connectivity index (χ0) is 19.6. The Hall–Kier alpha value is -2.31. The maximum absolute atomic E-state index is 12.8. The van der Waals surface area contributed by atoms with Crippen molar-refractivity contribution in [3.63, 3.8) is 0 Å². The number of hydrogen-bond acceptors (Lipinski definition) is 5. The summed E-state index contributed by atoms with van der Waals surface area (Å²) in [7, 11) is 0. The SMILES string of the molecule is O=c1[nH]c(C2CCCCC2)nc2c1CN(Cc1cccnc1-c1ccsc1)CC2. The molecular formula is C23H26N4OS. The highest BCUT2D eigenvalue weighted by Gasteiger charge is 2.25. The summed E-state index contributed by atoms with van der Waals surface area (Å²) in [6, 6.07) is 6.25. The van der Waals surface area contributed by atoms with Crippen molar-refractivity contribution in [2.24, 2.45) is 0 Å². The molecule has 0 spiro atoms. The molecule has 0 aromatic carbocycles. The van der Waals surface area contributed by atoms with E-state index in [4.69, 9.17) is 4.98 Å². The van der Waals surface area contributed by atoms with Crippen molar-refractivity contribution in [3.05, 3.63) is 68.2 Å². The Labute approximate surface area is 174 Å². The molecule has 0 bridgehead atoms. The fourth-order valence-corrected chi connectivity index (χ4v) is 5.31. The van der Waals surface area contributed by atoms with Crippen LogP contribution in [0.3, 0.4) is 0 Å². The van der Waals surface area contributed by atoms with E-state index in [-0.39, 0.29) is 5.56 Å². The molecule has 1 N–H and O–H groups in total. The van der Waals surface area contributed by atoms with Crippen LogP contribution in [0.15, 0.2) is 40.0 Å². The van der Waals surface area contributed by atoms with Gasteiger partial charge in [-0.25, -0.2) is 4.98 Å². The predicted octanol–water partition coefficient (Wildman–Crippen LogP) is 4.50. The Morgan fingerprint density at radius 2 is 2.10 bits per heavy atom. The average Bonchev–Trinajstić information content (AvgIpc) is 3.30. The van der Waals surface area contributed by atoms with Crippen molar-refractivity contribution in [2.75, 3.05) is 6.54 Å². The van der Waals surface area contributed by atoms with Crippen LogP contribution in [0, 0.1) is 0 Å². The zero-order valence-electron chi connectivity index (χ0n) is 16.6. The molecule has 0 atom stereocenters. The van der Waals surface area contributed by atoms with Gasteiger partial charge in [0.1, 0.15) is 5.82 Å². The lowest BCUT2D eigenvalue weighted by atomic mass is 9.88. The number of thiophene rings is 1. The first-order valence-electron chi connectivity index (χ1n) is 10.6. The number of nitrogens with zero attached hydrogens (tertiary/aromatic N) is 3. The lowest BCUT2D eigenvalue weighted by Gasteiger charge is -2.29. The van der Waals surface area contributed by atoms with Crippen molar-refractivity contribution >= 4 is 11.3 Å². The van der Waals surface area contributed by atoms with E-state index in [2.05, 4.69) is 37.8 Å². The topological polar surface area (TPSA) is 61.9 Å². The first-order chi connectivity index (χ1) is 14.3. The van der Waals surface area contributed by atoms with Gasteiger partial charge in [-0.3, -0.25) is 14.7 Å². The van der Waals surface area contributed by atoms with Gasteiger partial charge in [0.15, 0.2) is 0 Å². The molecule has 0 radical (unpaired) electrons. The van der Waals surface area contributed by atoms with Gasteiger partial charge in [0.25, 0.3) is 5.56 Å². The first kappa shape index (κ1) is 18.7. The highest BCUT2D eigenvalue weighted by atomic mass is 32.1. The molecule has 0 amide bonds. The number of aromatic nitrogens is 3. The summed E-state index contributed by atoms with van der Waals surface area (Å²) in [5, 5.41) is 4.22. The summed E-state index contributed by atoms with van der Waals surface area (Å²) in [5.41, 5.74) is 5.33. The summed E-state index contributed by atoms with van der Waals surface area (Å²) < 4.78 is 0. The van der Waals surface area contributed by atoms with E-state index in [1.165, 1.54) is 30.4 Å². The maximum atomic E-state index is 12.8. The molecule has 1 saturated carbocycles. The molecule has 3 aromatic rings. The predicted molar refractivity (Wildman–Crippen MR) is 116 cm³/mol. The second kappa shape index (κ2) is 8.20. The maximum Gasteiger partial charge on any atom is 0.255 e. The Kier molecular flexibility index (Phi) is 5.29. The van der Waals surface area contributed by atoms with Crippen LogP contribution in [0.4, 0.5) is 0 Å². The molecule has 150 valence electrons. The third kappa shape index (κ3) is 3.91. The minimum atomic E-state index is 0.0597. The van der Waals surface area contributed by atoms with E-state index in [0.717, 1.165) is 55.1 Å². The fraction of sp³-hybridized carbons (Fsp3) is 0.435. The number of fused-ring (bicyclic) bond motifs is 1. The molecule has 1 fully saturated rings. The first-order valence-corrected chi connectivity index (χ1v) is 11.5. The molecule has 5 nitrogen and oxygen atoms in total. The monoisotopic (exact) mass is 406 g/mol. The Balaban J connectivity index is 1.36. The number of pyridine rings is 1. The Bertz CT molecular complexity index is 1040. The Morgan fingerprint density at radius 3 is 2.93 bits per heavy atom. The molecule has 1 aliphatic carbocycles. The van der Waals surface area contributed by atoms with Crippen molar-refractivity contribution in [3.8, 4) is 11.3 Å². The number of nitrogens with one attached hydrogen (secondary N) is 1. The smallest absolute Gasteiger partial charge is 0.255 e. The molecule has 5 rings (SSSR count). The lowest BCUT2D eigenvalue weighted by Crippen LogP contribution is -2.36. The van der Waals surface area contributed by atoms with Crippen molar-refractivity contribution in [1.29, 1.82) is 0 Å². The van der Waals surface area contributed by atoms with Crippen molar-refractivity contribution < 1.29 is 0 Å². The van der Waals surface area contributed by atoms with Crippen LogP contribution in [0.5, 0.6) is 0 Å². The van der Waals surface area contributed by atoms with Crippen molar-refractivity contribution in [2.45, 2.75) is 57.5 Å². The zero-order valence-corrected chi connectivity index (χ0v) is 17.4. The van der Waals surface area contributed by atoms with Gasteiger partial charge >= 0.3 is 0 Å². The summed E-state index contributed by atoms with van der Waals surface area (Å²) in [6.07, 6.45) is 8.80. The van der Waals surface area contributed by atoms with Gasteiger partial charge in [0.05, 0.1) is 17.0 Å². The van der Waals surface area contributed by atoms with E-state index >= 15 is 0 Å². The van der Waals surface area contributed by atoms with E-state index in [1.54, 1.807) is 11.3 Å². The second-order valence-corrected chi connectivity index (χ2v) is 8.98. The standard InChI is InChI=1S/C23H26N4OS/c28-23-19-14-27(13-17-7-4-10-24-21(17)18-9-12-29-15-18)11-8-20(19)25-22(26-23)16-5-2-1-3-6-16/h4,7,9-10,12,15-16H,1-3,5-6,8,11,13-14H2,(H,25,26,28). The summed E-state index contributed by atoms with van der Waals surface area (Å²) in [4.78, 5) is 27.8. The fourth-order valence-electron chi connectivity index (χ4n) is 4.67. The van der Waals surface area contributed by atoms with Crippen LogP contribution >= 0.6 is 11.3 Å². The Morgan fingerprint density at radius 1 is 1.21 bits per heavy atom. The summed E-state index contributed by atoms with van der Waals surface area (Å²) >= 11 is 1.69. The van der Waals surface area contributed by atoms with Gasteiger partial charge in [-0.2, -0.15) is 11.3 Å². The highest BCUT2D eigenvalue weighted by molar-refractivity contribution is 7.08. The van der Waals surface area contributed by atoms with Crippen LogP contribution in [0.1, 0.15) is 60.7 Å². The van der Waals surface area contributed by atoms with E-state index in [0.29, 0.717) is 12.5 Å². The molecule has 0 unspecified atom stereocenters. The van der Waals surface area contributed by atoms with Gasteiger partial charge in [-0.05, 0) is 35.9 Å². The van der Waals surface area contributed by atoms with Crippen LogP contribution < -0.4 is 5.56 Å². The van der Waals surface area contributed by atoms with E-state index in [9.17, 15) is 4.79 Å². The average molecular weight is 407 g/mol. The van der Waals surface area contributed by atoms with Crippen LogP contribution in [0.25, 0.3) is 11.3 Å². The molecular weight excluding hydrogens is 380 g/mol. The van der Waals surface area contributed by atoms with Crippen LogP contribution in [-0.2, 0) is 19.5 Å². The normalized spacial score (nSPS) is 17.9. The lowest BCUT2D eigenvalue weighted by molar-refractivity contribution is 0.241. The van der Waals surface area contributed by atoms with Crippen LogP contribution in [-0.4, -0.2) is 26.4 Å². The largest absolute Gasteiger partial charge is 0.310 e. The minimum absolute atomic E-state index is 0.0597. The van der Waals surface area contributed by atoms with Gasteiger partial charge in [-0.1, -0.05) is 25.3 Å². The number of aromatic amines is 1. The van der Waals surface area contributed by atoms with Gasteiger partial charge in [-0.15, -0.1) is 0 Å². The van der Waals surface area contributed by atoms with Gasteiger partial charge in [0.2, 0.25) is 0 Å². The third-order valence-electron chi connectivity index (χ3n) is 6.24. The van der Waals surface area contributed by atoms with Gasteiger partial charge in [0, 0.05) is 49.1 Å². The molecule has 29 heavy (non-hydrogen) atoms. The number of hydrogen-bond donors (Lipinski definition) is 1. The van der Waals surface area contributed by atoms with Gasteiger partial charge < -0.3 is 4.98 Å². The molecule has 3 aromatic heterocycles. The second-order valence-electron chi connectivity index (χ2n) is 8.20. The molecule has 1 aliphatic heterocycles. The number of H-pyrrole nitrogens is 1. The molecule has 2 aliphatic rings. The molecule has 0 saturated heterocycles.